The molecule has 4 aromatic rings. The summed E-state index contributed by atoms with van der Waals surface area (Å²) in [5, 5.41) is 23.9. The first kappa shape index (κ1) is 41.0. The Morgan fingerprint density at radius 3 is 2.04 bits per heavy atom. The van der Waals surface area contributed by atoms with E-state index in [1.165, 1.54) is 28.6 Å². The summed E-state index contributed by atoms with van der Waals surface area (Å²) in [6.07, 6.45) is 6.20. The first-order valence-electron chi connectivity index (χ1n) is 19.3. The Morgan fingerprint density at radius 1 is 0.772 bits per heavy atom. The number of amides is 3. The highest BCUT2D eigenvalue weighted by Gasteiger charge is 2.35. The molecule has 1 aromatic heterocycles. The Morgan fingerprint density at radius 2 is 1.42 bits per heavy atom. The number of carboxylic acids is 1. The van der Waals surface area contributed by atoms with E-state index in [-0.39, 0.29) is 34.4 Å². The van der Waals surface area contributed by atoms with Crippen molar-refractivity contribution in [2.45, 2.75) is 75.6 Å². The Hall–Kier alpha value is -5.64. The van der Waals surface area contributed by atoms with Crippen molar-refractivity contribution in [3.8, 4) is 0 Å². The third kappa shape index (κ3) is 10.0. The summed E-state index contributed by atoms with van der Waals surface area (Å²) >= 11 is 0. The molecule has 1 saturated carbocycles. The molecule has 300 valence electrons. The van der Waals surface area contributed by atoms with E-state index < -0.39 is 39.6 Å². The summed E-state index contributed by atoms with van der Waals surface area (Å²) in [4.78, 5) is 57.5. The van der Waals surface area contributed by atoms with E-state index in [2.05, 4.69) is 15.5 Å². The second kappa shape index (κ2) is 18.5. The van der Waals surface area contributed by atoms with Gasteiger partial charge in [0.25, 0.3) is 17.7 Å². The highest BCUT2D eigenvalue weighted by atomic mass is 32.2. The summed E-state index contributed by atoms with van der Waals surface area (Å²) < 4.78 is 29.1. The molecule has 0 radical (unpaired) electrons. The summed E-state index contributed by atoms with van der Waals surface area (Å²) in [6.45, 7) is 3.52. The van der Waals surface area contributed by atoms with Gasteiger partial charge in [-0.05, 0) is 124 Å². The average Bonchev–Trinajstić information content (AvgIpc) is 3.24. The molecule has 57 heavy (non-hydrogen) atoms. The number of carboxylic acid groups (broad SMARTS) is 1. The molecular formula is C42H48N6O8S. The quantitative estimate of drug-likeness (QED) is 0.0731. The molecule has 2 aliphatic rings. The maximum Gasteiger partial charge on any atom is 0.306 e. The molecule has 2 heterocycles. The van der Waals surface area contributed by atoms with E-state index in [1.54, 1.807) is 48.8 Å². The number of pyridine rings is 1. The number of aliphatic carboxylic acids is 1. The molecule has 1 aliphatic carbocycles. The van der Waals surface area contributed by atoms with Gasteiger partial charge in [-0.25, -0.2) is 18.9 Å². The summed E-state index contributed by atoms with van der Waals surface area (Å²) in [5.41, 5.74) is 4.80. The number of hydrogen-bond acceptors (Lipinski definition) is 9. The fraction of sp³-hybridized carbons (Fsp3) is 0.357. The van der Waals surface area contributed by atoms with E-state index >= 15 is 0 Å². The predicted octanol–water partition coefficient (Wildman–Crippen LogP) is 6.13. The maximum absolute atomic E-state index is 13.9. The third-order valence-corrected chi connectivity index (χ3v) is 12.7. The van der Waals surface area contributed by atoms with Crippen LogP contribution < -0.4 is 21.0 Å². The van der Waals surface area contributed by atoms with Crippen LogP contribution in [0.5, 0.6) is 0 Å². The van der Waals surface area contributed by atoms with Crippen molar-refractivity contribution in [2.75, 3.05) is 35.2 Å². The zero-order valence-corrected chi connectivity index (χ0v) is 32.6. The van der Waals surface area contributed by atoms with Crippen LogP contribution in [0.25, 0.3) is 0 Å². The molecule has 0 atom stereocenters. The lowest BCUT2D eigenvalue weighted by atomic mass is 9.86. The van der Waals surface area contributed by atoms with Crippen molar-refractivity contribution in [1.29, 1.82) is 0 Å². The van der Waals surface area contributed by atoms with Crippen LogP contribution in [0, 0.1) is 5.92 Å². The van der Waals surface area contributed by atoms with Crippen LogP contribution in [-0.4, -0.2) is 77.4 Å². The Balaban J connectivity index is 1.17. The standard InChI is InChI=1S/C42H48N6O8S/c1-2-48(34-21-17-31(18-22-34)42(52)53)57(55,56)35-8-6-7-32(27-35)39(49)44-36-23-24-37(47-25-4-3-5-26-47)45-38(36)41(51)43-33-19-13-29(14-20-33)10-9-28-11-15-30(16-12-28)40(50)46-54/h6-8,11-16,19-20,23-24,27,31,34,54H,2-5,9-10,17-18,21-22,25-26H2,1H3,(H,43,51)(H,44,49)(H,46,50)(H,52,53). The van der Waals surface area contributed by atoms with Gasteiger partial charge in [-0.3, -0.25) is 24.4 Å². The van der Waals surface area contributed by atoms with Crippen LogP contribution in [-0.2, 0) is 27.7 Å². The molecule has 2 fully saturated rings. The number of carbonyl (C=O) groups is 4. The second-order valence-electron chi connectivity index (χ2n) is 14.4. The van der Waals surface area contributed by atoms with Gasteiger partial charge in [-0.15, -0.1) is 0 Å². The molecule has 14 nitrogen and oxygen atoms in total. The Bertz CT molecular complexity index is 2180. The highest BCUT2D eigenvalue weighted by molar-refractivity contribution is 7.89. The summed E-state index contributed by atoms with van der Waals surface area (Å²) in [5.74, 6) is -2.45. The molecule has 0 spiro atoms. The number of rotatable bonds is 14. The van der Waals surface area contributed by atoms with Gasteiger partial charge in [0.15, 0.2) is 5.69 Å². The van der Waals surface area contributed by atoms with E-state index in [4.69, 9.17) is 10.2 Å². The number of aromatic nitrogens is 1. The lowest BCUT2D eigenvalue weighted by Gasteiger charge is -2.34. The predicted molar refractivity (Wildman–Crippen MR) is 215 cm³/mol. The van der Waals surface area contributed by atoms with Gasteiger partial charge in [0.1, 0.15) is 5.82 Å². The SMILES string of the molecule is CCN(C1CCC(C(=O)O)CC1)S(=O)(=O)c1cccc(C(=O)Nc2ccc(N3CCCCC3)nc2C(=O)Nc2ccc(CCc3ccc(C(=O)NO)cc3)cc2)c1. The van der Waals surface area contributed by atoms with E-state index in [0.717, 1.165) is 43.5 Å². The van der Waals surface area contributed by atoms with Gasteiger partial charge < -0.3 is 20.6 Å². The van der Waals surface area contributed by atoms with Crippen LogP contribution in [0.3, 0.4) is 0 Å². The van der Waals surface area contributed by atoms with Crippen LogP contribution >= 0.6 is 0 Å². The van der Waals surface area contributed by atoms with E-state index in [0.29, 0.717) is 55.6 Å². The van der Waals surface area contributed by atoms with Gasteiger partial charge in [0.05, 0.1) is 16.5 Å². The molecule has 1 saturated heterocycles. The van der Waals surface area contributed by atoms with Crippen molar-refractivity contribution < 1.29 is 37.9 Å². The van der Waals surface area contributed by atoms with Gasteiger partial charge in [0.2, 0.25) is 10.0 Å². The van der Waals surface area contributed by atoms with Gasteiger partial charge in [-0.2, -0.15) is 4.31 Å². The zero-order valence-electron chi connectivity index (χ0n) is 31.8. The number of hydroxylamine groups is 1. The number of benzene rings is 3. The van der Waals surface area contributed by atoms with Crippen molar-refractivity contribution in [3.05, 3.63) is 113 Å². The summed E-state index contributed by atoms with van der Waals surface area (Å²) in [6, 6.07) is 23.2. The zero-order chi connectivity index (χ0) is 40.5. The number of carbonyl (C=O) groups excluding carboxylic acids is 3. The maximum atomic E-state index is 13.9. The summed E-state index contributed by atoms with van der Waals surface area (Å²) in [7, 11) is -4.02. The number of aryl methyl sites for hydroxylation is 2. The van der Waals surface area contributed by atoms with Crippen LogP contribution in [0.4, 0.5) is 17.2 Å². The fourth-order valence-corrected chi connectivity index (χ4v) is 9.25. The minimum Gasteiger partial charge on any atom is -0.481 e. The minimum absolute atomic E-state index is 0.00623. The second-order valence-corrected chi connectivity index (χ2v) is 16.3. The molecule has 0 bridgehead atoms. The van der Waals surface area contributed by atoms with Crippen LogP contribution in [0.15, 0.2) is 89.8 Å². The highest BCUT2D eigenvalue weighted by Crippen LogP contribution is 2.32. The Kier molecular flexibility index (Phi) is 13.3. The Labute approximate surface area is 332 Å². The van der Waals surface area contributed by atoms with Gasteiger partial charge in [-0.1, -0.05) is 37.3 Å². The smallest absolute Gasteiger partial charge is 0.306 e. The molecule has 3 amide bonds. The lowest BCUT2D eigenvalue weighted by molar-refractivity contribution is -0.143. The number of hydrogen-bond donors (Lipinski definition) is 5. The number of nitrogens with one attached hydrogen (secondary N) is 3. The van der Waals surface area contributed by atoms with Crippen molar-refractivity contribution >= 4 is 50.9 Å². The van der Waals surface area contributed by atoms with E-state index in [1.807, 2.05) is 24.3 Å². The number of nitrogens with zero attached hydrogens (tertiary/aromatic N) is 3. The van der Waals surface area contributed by atoms with E-state index in [9.17, 15) is 32.7 Å². The molecule has 15 heteroatoms. The van der Waals surface area contributed by atoms with Crippen molar-refractivity contribution in [1.82, 2.24) is 14.8 Å². The number of anilines is 3. The van der Waals surface area contributed by atoms with Crippen LogP contribution in [0.2, 0.25) is 0 Å². The van der Waals surface area contributed by atoms with Crippen LogP contribution in [0.1, 0.15) is 94.2 Å². The largest absolute Gasteiger partial charge is 0.481 e. The monoisotopic (exact) mass is 796 g/mol. The molecule has 1 aliphatic heterocycles. The van der Waals surface area contributed by atoms with Gasteiger partial charge >= 0.3 is 5.97 Å². The molecule has 0 unspecified atom stereocenters. The molecule has 6 rings (SSSR count). The average molecular weight is 797 g/mol. The number of sulfonamides is 1. The van der Waals surface area contributed by atoms with Gasteiger partial charge in [0, 0.05) is 42.5 Å². The topological polar surface area (TPSA) is 198 Å². The first-order valence-corrected chi connectivity index (χ1v) is 20.8. The lowest BCUT2D eigenvalue weighted by Crippen LogP contribution is -2.42. The normalized spacial score (nSPS) is 17.1. The first-order chi connectivity index (χ1) is 27.5. The molecule has 5 N–H and O–H groups in total. The van der Waals surface area contributed by atoms with Crippen molar-refractivity contribution in [3.63, 3.8) is 0 Å². The minimum atomic E-state index is -4.02. The molecular weight excluding hydrogens is 749 g/mol. The third-order valence-electron chi connectivity index (χ3n) is 10.7. The fourth-order valence-electron chi connectivity index (χ4n) is 7.51. The number of piperidine rings is 1. The van der Waals surface area contributed by atoms with Crippen molar-refractivity contribution in [2.24, 2.45) is 5.92 Å². The molecule has 3 aromatic carbocycles.